The Morgan fingerprint density at radius 2 is 2.31 bits per heavy atom. The first kappa shape index (κ1) is 11.4. The molecule has 0 unspecified atom stereocenters. The summed E-state index contributed by atoms with van der Waals surface area (Å²) >= 11 is 3.39. The molecule has 0 spiro atoms. The van der Waals surface area contributed by atoms with E-state index in [1.54, 1.807) is 6.20 Å². The van der Waals surface area contributed by atoms with Gasteiger partial charge in [-0.15, -0.1) is 0 Å². The van der Waals surface area contributed by atoms with Gasteiger partial charge in [-0.2, -0.15) is 0 Å². The lowest BCUT2D eigenvalue weighted by atomic mass is 10.2. The molecule has 0 aliphatic rings. The van der Waals surface area contributed by atoms with Gasteiger partial charge < -0.3 is 9.72 Å². The van der Waals surface area contributed by atoms with E-state index in [2.05, 4.69) is 38.1 Å². The molecule has 0 aromatic carbocycles. The SMILES string of the molecule is CCCCCNc1nc(Br)cn2ccnc12. The van der Waals surface area contributed by atoms with Crippen LogP contribution in [-0.2, 0) is 0 Å². The van der Waals surface area contributed by atoms with Crippen LogP contribution in [0.25, 0.3) is 5.65 Å². The molecule has 5 heteroatoms. The molecule has 0 amide bonds. The van der Waals surface area contributed by atoms with Gasteiger partial charge in [-0.1, -0.05) is 19.8 Å². The van der Waals surface area contributed by atoms with Gasteiger partial charge in [-0.05, 0) is 22.4 Å². The molecule has 4 nitrogen and oxygen atoms in total. The minimum absolute atomic E-state index is 0.816. The fourth-order valence-corrected chi connectivity index (χ4v) is 2.00. The van der Waals surface area contributed by atoms with Crippen LogP contribution < -0.4 is 5.32 Å². The number of rotatable bonds is 5. The van der Waals surface area contributed by atoms with Crippen LogP contribution in [0.5, 0.6) is 0 Å². The van der Waals surface area contributed by atoms with Crippen LogP contribution in [0.2, 0.25) is 0 Å². The Labute approximate surface area is 103 Å². The summed E-state index contributed by atoms with van der Waals surface area (Å²) in [5.74, 6) is 0.843. The number of hydrogen-bond acceptors (Lipinski definition) is 3. The van der Waals surface area contributed by atoms with Gasteiger partial charge in [0.05, 0.1) is 0 Å². The maximum Gasteiger partial charge on any atom is 0.180 e. The Kier molecular flexibility index (Phi) is 3.77. The molecule has 16 heavy (non-hydrogen) atoms. The molecule has 0 aliphatic heterocycles. The topological polar surface area (TPSA) is 42.2 Å². The van der Waals surface area contributed by atoms with Crippen molar-refractivity contribution in [3.63, 3.8) is 0 Å². The Morgan fingerprint density at radius 1 is 1.44 bits per heavy atom. The first-order chi connectivity index (χ1) is 7.81. The number of halogens is 1. The molecule has 0 aliphatic carbocycles. The lowest BCUT2D eigenvalue weighted by Gasteiger charge is -2.06. The second-order valence-corrected chi connectivity index (χ2v) is 4.52. The fourth-order valence-electron chi connectivity index (χ4n) is 1.60. The van der Waals surface area contributed by atoms with E-state index in [1.165, 1.54) is 12.8 Å². The molecule has 0 radical (unpaired) electrons. The van der Waals surface area contributed by atoms with E-state index in [9.17, 15) is 0 Å². The average molecular weight is 283 g/mol. The van der Waals surface area contributed by atoms with Crippen LogP contribution in [0.15, 0.2) is 23.2 Å². The molecule has 0 saturated heterocycles. The van der Waals surface area contributed by atoms with Crippen LogP contribution >= 0.6 is 15.9 Å². The Hall–Kier alpha value is -1.10. The molecule has 2 aromatic heterocycles. The van der Waals surface area contributed by atoms with Crippen molar-refractivity contribution in [2.24, 2.45) is 0 Å². The van der Waals surface area contributed by atoms with Gasteiger partial charge in [-0.3, -0.25) is 0 Å². The first-order valence-corrected chi connectivity index (χ1v) is 6.33. The standard InChI is InChI=1S/C11H15BrN4/c1-2-3-4-5-13-10-11-14-6-7-16(11)8-9(12)15-10/h6-8H,2-5H2,1H3,(H,13,15). The van der Waals surface area contributed by atoms with Gasteiger partial charge in [0.15, 0.2) is 11.5 Å². The van der Waals surface area contributed by atoms with Crippen molar-refractivity contribution < 1.29 is 0 Å². The van der Waals surface area contributed by atoms with E-state index in [0.717, 1.165) is 29.0 Å². The molecule has 2 rings (SSSR count). The smallest absolute Gasteiger partial charge is 0.180 e. The number of aromatic nitrogens is 3. The van der Waals surface area contributed by atoms with Crippen molar-refractivity contribution in [1.82, 2.24) is 14.4 Å². The van der Waals surface area contributed by atoms with E-state index in [0.29, 0.717) is 0 Å². The second-order valence-electron chi connectivity index (χ2n) is 3.70. The zero-order valence-electron chi connectivity index (χ0n) is 9.28. The van der Waals surface area contributed by atoms with Crippen molar-refractivity contribution in [1.29, 1.82) is 0 Å². The van der Waals surface area contributed by atoms with Gasteiger partial charge >= 0.3 is 0 Å². The van der Waals surface area contributed by atoms with E-state index in [4.69, 9.17) is 0 Å². The predicted molar refractivity (Wildman–Crippen MR) is 68.7 cm³/mol. The highest BCUT2D eigenvalue weighted by Gasteiger charge is 2.04. The molecule has 1 N–H and O–H groups in total. The number of anilines is 1. The van der Waals surface area contributed by atoms with Gasteiger partial charge in [0, 0.05) is 25.1 Å². The molecule has 0 fully saturated rings. The molecular weight excluding hydrogens is 268 g/mol. The number of fused-ring (bicyclic) bond motifs is 1. The van der Waals surface area contributed by atoms with Crippen LogP contribution in [-0.4, -0.2) is 20.9 Å². The highest BCUT2D eigenvalue weighted by molar-refractivity contribution is 9.10. The summed E-state index contributed by atoms with van der Waals surface area (Å²) in [4.78, 5) is 8.67. The third-order valence-electron chi connectivity index (χ3n) is 2.42. The quantitative estimate of drug-likeness (QED) is 0.857. The number of unbranched alkanes of at least 4 members (excludes halogenated alkanes) is 2. The average Bonchev–Trinajstić information content (AvgIpc) is 2.72. The number of imidazole rings is 1. The highest BCUT2D eigenvalue weighted by Crippen LogP contribution is 2.16. The van der Waals surface area contributed by atoms with Crippen LogP contribution in [0, 0.1) is 0 Å². The molecule has 0 bridgehead atoms. The third kappa shape index (κ3) is 2.52. The molecule has 0 atom stereocenters. The molecule has 2 heterocycles. The minimum atomic E-state index is 0.816. The summed E-state index contributed by atoms with van der Waals surface area (Å²) in [6.45, 7) is 3.14. The zero-order chi connectivity index (χ0) is 11.4. The minimum Gasteiger partial charge on any atom is -0.367 e. The normalized spacial score (nSPS) is 10.9. The monoisotopic (exact) mass is 282 g/mol. The summed E-state index contributed by atoms with van der Waals surface area (Å²) in [6, 6.07) is 0. The van der Waals surface area contributed by atoms with Gasteiger partial charge in [0.2, 0.25) is 0 Å². The van der Waals surface area contributed by atoms with Crippen molar-refractivity contribution in [3.8, 4) is 0 Å². The molecular formula is C11H15BrN4. The predicted octanol–water partition coefficient (Wildman–Crippen LogP) is 3.09. The molecule has 2 aromatic rings. The van der Waals surface area contributed by atoms with Gasteiger partial charge in [-0.25, -0.2) is 9.97 Å². The summed E-state index contributed by atoms with van der Waals surface area (Å²) in [5.41, 5.74) is 0.875. The van der Waals surface area contributed by atoms with Crippen LogP contribution in [0.3, 0.4) is 0 Å². The number of hydrogen-bond donors (Lipinski definition) is 1. The fraction of sp³-hybridized carbons (Fsp3) is 0.455. The maximum atomic E-state index is 4.39. The molecule has 0 saturated carbocycles. The van der Waals surface area contributed by atoms with Crippen LogP contribution in [0.1, 0.15) is 26.2 Å². The number of nitrogens with one attached hydrogen (secondary N) is 1. The summed E-state index contributed by atoms with van der Waals surface area (Å²) in [6.07, 6.45) is 9.23. The van der Waals surface area contributed by atoms with Gasteiger partial charge in [0.25, 0.3) is 0 Å². The van der Waals surface area contributed by atoms with E-state index < -0.39 is 0 Å². The first-order valence-electron chi connectivity index (χ1n) is 5.54. The lowest BCUT2D eigenvalue weighted by Crippen LogP contribution is -2.05. The second kappa shape index (κ2) is 5.30. The van der Waals surface area contributed by atoms with E-state index in [-0.39, 0.29) is 0 Å². The van der Waals surface area contributed by atoms with E-state index in [1.807, 2.05) is 16.8 Å². The lowest BCUT2D eigenvalue weighted by molar-refractivity contribution is 0.742. The van der Waals surface area contributed by atoms with Crippen LogP contribution in [0.4, 0.5) is 5.82 Å². The summed E-state index contributed by atoms with van der Waals surface area (Å²) in [7, 11) is 0. The Morgan fingerprint density at radius 3 is 3.12 bits per heavy atom. The highest BCUT2D eigenvalue weighted by atomic mass is 79.9. The maximum absolute atomic E-state index is 4.39. The molecule has 86 valence electrons. The largest absolute Gasteiger partial charge is 0.367 e. The zero-order valence-corrected chi connectivity index (χ0v) is 10.9. The summed E-state index contributed by atoms with van der Waals surface area (Å²) in [5, 5.41) is 3.32. The van der Waals surface area contributed by atoms with Crippen molar-refractivity contribution in [2.75, 3.05) is 11.9 Å². The van der Waals surface area contributed by atoms with Crippen molar-refractivity contribution in [3.05, 3.63) is 23.2 Å². The van der Waals surface area contributed by atoms with Crippen molar-refractivity contribution >= 4 is 27.4 Å². The van der Waals surface area contributed by atoms with E-state index >= 15 is 0 Å². The number of nitrogens with zero attached hydrogens (tertiary/aromatic N) is 3. The Balaban J connectivity index is 2.12. The third-order valence-corrected chi connectivity index (χ3v) is 2.80. The summed E-state index contributed by atoms with van der Waals surface area (Å²) < 4.78 is 2.77. The van der Waals surface area contributed by atoms with Gasteiger partial charge in [0.1, 0.15) is 4.60 Å². The Bertz CT molecular complexity index is 466. The van der Waals surface area contributed by atoms with Crippen molar-refractivity contribution in [2.45, 2.75) is 26.2 Å².